The minimum atomic E-state index is -0.0896. The number of nitrogens with zero attached hydrogens (tertiary/aromatic N) is 3. The van der Waals surface area contributed by atoms with Crippen LogP contribution in [0.25, 0.3) is 0 Å². The highest BCUT2D eigenvalue weighted by Crippen LogP contribution is 1.91. The summed E-state index contributed by atoms with van der Waals surface area (Å²) >= 11 is 1.67. The van der Waals surface area contributed by atoms with Gasteiger partial charge in [-0.25, -0.2) is 0 Å². The maximum atomic E-state index is 10.4. The van der Waals surface area contributed by atoms with Gasteiger partial charge in [0.15, 0.2) is 0 Å². The topological polar surface area (TPSA) is 59.8 Å². The molecule has 1 rings (SSSR count). The molecule has 5 nitrogen and oxygen atoms in total. The second-order valence-electron chi connectivity index (χ2n) is 2.01. The summed E-state index contributed by atoms with van der Waals surface area (Å²) in [6, 6.07) is 0. The van der Waals surface area contributed by atoms with Gasteiger partial charge in [0.25, 0.3) is 3.91 Å². The third-order valence-corrected chi connectivity index (χ3v) is 1.44. The molecule has 0 bridgehead atoms. The number of aromatic nitrogens is 3. The molecule has 0 radical (unpaired) electrons. The Morgan fingerprint density at radius 3 is 3.09 bits per heavy atom. The van der Waals surface area contributed by atoms with E-state index >= 15 is 0 Å². The standard InChI is InChI=1S/C5H7IN4O/c1-10-3-4(8-9-10)2-7-5(6)11/h3H,2H2,1H3,(H,7,11). The average molecular weight is 266 g/mol. The highest BCUT2D eigenvalue weighted by Gasteiger charge is 1.98. The first-order valence-electron chi connectivity index (χ1n) is 2.97. The Balaban J connectivity index is 2.45. The lowest BCUT2D eigenvalue weighted by atomic mass is 10.5. The molecule has 6 heteroatoms. The molecule has 0 saturated carbocycles. The predicted octanol–water partition coefficient (Wildman–Crippen LogP) is 0.460. The molecule has 0 aliphatic rings. The summed E-state index contributed by atoms with van der Waals surface area (Å²) < 4.78 is 1.50. The molecule has 0 saturated heterocycles. The zero-order valence-corrected chi connectivity index (χ0v) is 8.07. The fourth-order valence-corrected chi connectivity index (χ4v) is 0.827. The van der Waals surface area contributed by atoms with Crippen LogP contribution in [0.1, 0.15) is 5.69 Å². The van der Waals surface area contributed by atoms with E-state index in [1.807, 2.05) is 0 Å². The van der Waals surface area contributed by atoms with Gasteiger partial charge in [-0.05, 0) is 0 Å². The monoisotopic (exact) mass is 266 g/mol. The van der Waals surface area contributed by atoms with Crippen LogP contribution in [-0.4, -0.2) is 18.9 Å². The van der Waals surface area contributed by atoms with Crippen LogP contribution in [0.2, 0.25) is 0 Å². The molecular weight excluding hydrogens is 259 g/mol. The normalized spacial score (nSPS) is 9.64. The van der Waals surface area contributed by atoms with Gasteiger partial charge >= 0.3 is 0 Å². The van der Waals surface area contributed by atoms with Gasteiger partial charge in [-0.3, -0.25) is 9.48 Å². The van der Waals surface area contributed by atoms with Crippen molar-refractivity contribution < 1.29 is 4.79 Å². The Hall–Kier alpha value is -0.660. The molecule has 0 aliphatic heterocycles. The van der Waals surface area contributed by atoms with Crippen molar-refractivity contribution in [1.82, 2.24) is 20.3 Å². The van der Waals surface area contributed by atoms with Crippen molar-refractivity contribution in [1.29, 1.82) is 0 Å². The van der Waals surface area contributed by atoms with E-state index in [-0.39, 0.29) is 3.91 Å². The van der Waals surface area contributed by atoms with E-state index in [2.05, 4.69) is 15.6 Å². The zero-order valence-electron chi connectivity index (χ0n) is 5.91. The van der Waals surface area contributed by atoms with Gasteiger partial charge in [0.1, 0.15) is 5.69 Å². The molecule has 1 aromatic heterocycles. The van der Waals surface area contributed by atoms with E-state index in [9.17, 15) is 4.79 Å². The van der Waals surface area contributed by atoms with Gasteiger partial charge < -0.3 is 5.32 Å². The third-order valence-electron chi connectivity index (χ3n) is 1.06. The van der Waals surface area contributed by atoms with E-state index in [1.165, 1.54) is 0 Å². The molecule has 1 N–H and O–H groups in total. The summed E-state index contributed by atoms with van der Waals surface area (Å²) in [5, 5.41) is 10.1. The molecule has 0 spiro atoms. The summed E-state index contributed by atoms with van der Waals surface area (Å²) in [5.41, 5.74) is 0.762. The van der Waals surface area contributed by atoms with Crippen molar-refractivity contribution in [2.75, 3.05) is 0 Å². The molecule has 0 fully saturated rings. The minimum Gasteiger partial charge on any atom is -0.342 e. The second kappa shape index (κ2) is 3.65. The van der Waals surface area contributed by atoms with E-state index < -0.39 is 0 Å². The molecule has 1 heterocycles. The summed E-state index contributed by atoms with van der Waals surface area (Å²) in [5.74, 6) is 0. The van der Waals surface area contributed by atoms with Crippen LogP contribution in [0.3, 0.4) is 0 Å². The molecule has 0 aliphatic carbocycles. The first-order valence-corrected chi connectivity index (χ1v) is 4.05. The highest BCUT2D eigenvalue weighted by atomic mass is 127. The number of carbonyl (C=O) groups is 1. The fraction of sp³-hybridized carbons (Fsp3) is 0.400. The van der Waals surface area contributed by atoms with Gasteiger partial charge in [-0.2, -0.15) is 0 Å². The predicted molar refractivity (Wildman–Crippen MR) is 47.3 cm³/mol. The summed E-state index contributed by atoms with van der Waals surface area (Å²) in [6.45, 7) is 0.440. The number of rotatable bonds is 2. The number of hydrogen-bond acceptors (Lipinski definition) is 3. The van der Waals surface area contributed by atoms with Gasteiger partial charge in [-0.1, -0.05) is 5.21 Å². The number of carbonyl (C=O) groups excluding carboxylic acids is 1. The van der Waals surface area contributed by atoms with Crippen molar-refractivity contribution in [3.63, 3.8) is 0 Å². The maximum absolute atomic E-state index is 10.4. The van der Waals surface area contributed by atoms with Crippen LogP contribution in [0.15, 0.2) is 6.20 Å². The molecule has 1 aromatic rings. The number of hydrogen-bond donors (Lipinski definition) is 1. The van der Waals surface area contributed by atoms with Crippen molar-refractivity contribution >= 4 is 26.5 Å². The fourth-order valence-electron chi connectivity index (χ4n) is 0.636. The molecule has 0 atom stereocenters. The maximum Gasteiger partial charge on any atom is 0.280 e. The lowest BCUT2D eigenvalue weighted by molar-refractivity contribution is 0.262. The van der Waals surface area contributed by atoms with E-state index in [0.717, 1.165) is 5.69 Å². The van der Waals surface area contributed by atoms with Crippen LogP contribution in [0.4, 0.5) is 4.79 Å². The van der Waals surface area contributed by atoms with E-state index in [0.29, 0.717) is 6.54 Å². The van der Waals surface area contributed by atoms with Crippen molar-refractivity contribution in [3.05, 3.63) is 11.9 Å². The van der Waals surface area contributed by atoms with Crippen LogP contribution in [0.5, 0.6) is 0 Å². The van der Waals surface area contributed by atoms with Crippen LogP contribution < -0.4 is 5.32 Å². The van der Waals surface area contributed by atoms with Gasteiger partial charge in [0.05, 0.1) is 6.54 Å². The molecule has 11 heavy (non-hydrogen) atoms. The van der Waals surface area contributed by atoms with Gasteiger partial charge in [0.2, 0.25) is 0 Å². The SMILES string of the molecule is Cn1cc(CNC(=O)I)nn1. The molecular formula is C5H7IN4O. The molecule has 0 unspecified atom stereocenters. The molecule has 0 aromatic carbocycles. The van der Waals surface area contributed by atoms with Crippen molar-refractivity contribution in [2.45, 2.75) is 6.54 Å². The first kappa shape index (κ1) is 8.44. The van der Waals surface area contributed by atoms with E-state index in [1.54, 1.807) is 40.5 Å². The van der Waals surface area contributed by atoms with Gasteiger partial charge in [0, 0.05) is 35.8 Å². The summed E-state index contributed by atoms with van der Waals surface area (Å²) in [4.78, 5) is 10.4. The molecule has 60 valence electrons. The van der Waals surface area contributed by atoms with Crippen LogP contribution in [-0.2, 0) is 13.6 Å². The Kier molecular flexibility index (Phi) is 2.80. The van der Waals surface area contributed by atoms with Gasteiger partial charge in [-0.15, -0.1) is 5.10 Å². The van der Waals surface area contributed by atoms with Crippen molar-refractivity contribution in [2.24, 2.45) is 7.05 Å². The number of halogens is 1. The lowest BCUT2D eigenvalue weighted by Gasteiger charge is -1.93. The Labute approximate surface area is 77.3 Å². The smallest absolute Gasteiger partial charge is 0.280 e. The minimum absolute atomic E-state index is 0.0896. The Bertz CT molecular complexity index is 259. The van der Waals surface area contributed by atoms with Crippen molar-refractivity contribution in [3.8, 4) is 0 Å². The average Bonchev–Trinajstić information content (AvgIpc) is 2.31. The lowest BCUT2D eigenvalue weighted by Crippen LogP contribution is -2.15. The largest absolute Gasteiger partial charge is 0.342 e. The zero-order chi connectivity index (χ0) is 8.27. The Morgan fingerprint density at radius 2 is 2.64 bits per heavy atom. The first-order chi connectivity index (χ1) is 5.18. The summed E-state index contributed by atoms with van der Waals surface area (Å²) in [6.07, 6.45) is 1.76. The number of amides is 1. The van der Waals surface area contributed by atoms with E-state index in [4.69, 9.17) is 0 Å². The van der Waals surface area contributed by atoms with Crippen LogP contribution >= 0.6 is 22.6 Å². The Morgan fingerprint density at radius 1 is 1.91 bits per heavy atom. The number of nitrogens with one attached hydrogen (secondary N) is 1. The highest BCUT2D eigenvalue weighted by molar-refractivity contribution is 14.1. The summed E-state index contributed by atoms with van der Waals surface area (Å²) in [7, 11) is 1.78. The number of aryl methyl sites for hydroxylation is 1. The second-order valence-corrected chi connectivity index (χ2v) is 2.99. The third kappa shape index (κ3) is 2.83. The quantitative estimate of drug-likeness (QED) is 0.480. The van der Waals surface area contributed by atoms with Crippen LogP contribution in [0, 0.1) is 0 Å². The molecule has 1 amide bonds.